The van der Waals surface area contributed by atoms with E-state index in [0.717, 1.165) is 22.5 Å². The quantitative estimate of drug-likeness (QED) is 0.782. The molecule has 0 aromatic heterocycles. The molecule has 0 bridgehead atoms. The minimum absolute atomic E-state index is 0.185. The van der Waals surface area contributed by atoms with Crippen LogP contribution in [0.15, 0.2) is 24.3 Å². The largest absolute Gasteiger partial charge is 0.355 e. The third-order valence-corrected chi connectivity index (χ3v) is 4.17. The Labute approximate surface area is 125 Å². The summed E-state index contributed by atoms with van der Waals surface area (Å²) in [5.41, 5.74) is 0.819. The number of benzene rings is 1. The lowest BCUT2D eigenvalue weighted by Gasteiger charge is -2.19. The highest BCUT2D eigenvalue weighted by Gasteiger charge is 2.19. The zero-order valence-electron chi connectivity index (χ0n) is 12.3. The molecule has 7 heteroatoms. The molecule has 0 aliphatic carbocycles. The second-order valence-corrected chi connectivity index (χ2v) is 6.81. The lowest BCUT2D eigenvalue weighted by Crippen LogP contribution is -2.41. The Bertz CT molecular complexity index is 558. The Morgan fingerprint density at radius 3 is 2.43 bits per heavy atom. The Morgan fingerprint density at radius 1 is 1.29 bits per heavy atom. The highest BCUT2D eigenvalue weighted by Crippen LogP contribution is 2.06. The first-order valence-electron chi connectivity index (χ1n) is 6.79. The molecule has 1 amide bonds. The van der Waals surface area contributed by atoms with Crippen molar-refractivity contribution in [2.24, 2.45) is 0 Å². The van der Waals surface area contributed by atoms with E-state index in [4.69, 9.17) is 0 Å². The van der Waals surface area contributed by atoms with E-state index in [1.54, 1.807) is 12.1 Å². The van der Waals surface area contributed by atoms with Gasteiger partial charge in [0.1, 0.15) is 5.82 Å². The van der Waals surface area contributed by atoms with Crippen molar-refractivity contribution in [3.05, 3.63) is 35.6 Å². The van der Waals surface area contributed by atoms with Crippen LogP contribution in [0, 0.1) is 5.82 Å². The summed E-state index contributed by atoms with van der Waals surface area (Å²) in [5.74, 6) is -0.654. The zero-order valence-corrected chi connectivity index (χ0v) is 13.1. The summed E-state index contributed by atoms with van der Waals surface area (Å²) in [6, 6.07) is 5.86. The Balaban J connectivity index is 2.62. The van der Waals surface area contributed by atoms with Gasteiger partial charge in [-0.3, -0.25) is 4.79 Å². The van der Waals surface area contributed by atoms with E-state index in [1.165, 1.54) is 12.1 Å². The van der Waals surface area contributed by atoms with Crippen LogP contribution >= 0.6 is 0 Å². The molecular weight excluding hydrogens is 295 g/mol. The third kappa shape index (κ3) is 6.68. The average molecular weight is 316 g/mol. The Hall–Kier alpha value is -1.47. The van der Waals surface area contributed by atoms with Crippen LogP contribution in [-0.4, -0.2) is 44.5 Å². The molecule has 0 unspecified atom stereocenters. The number of sulfonamides is 1. The first-order chi connectivity index (χ1) is 9.82. The van der Waals surface area contributed by atoms with Crippen molar-refractivity contribution in [3.63, 3.8) is 0 Å². The summed E-state index contributed by atoms with van der Waals surface area (Å²) >= 11 is 0. The Morgan fingerprint density at radius 2 is 1.90 bits per heavy atom. The normalized spacial score (nSPS) is 11.6. The first-order valence-corrected chi connectivity index (χ1v) is 8.64. The number of nitrogens with zero attached hydrogens (tertiary/aromatic N) is 1. The maximum Gasteiger partial charge on any atom is 0.235 e. The van der Waals surface area contributed by atoms with Gasteiger partial charge in [-0.1, -0.05) is 19.1 Å². The molecule has 5 nitrogen and oxygen atoms in total. The fourth-order valence-electron chi connectivity index (χ4n) is 1.75. The summed E-state index contributed by atoms with van der Waals surface area (Å²) < 4.78 is 37.3. The highest BCUT2D eigenvalue weighted by molar-refractivity contribution is 7.88. The maximum atomic E-state index is 12.8. The average Bonchev–Trinajstić information content (AvgIpc) is 2.41. The molecule has 0 saturated carbocycles. The van der Waals surface area contributed by atoms with Gasteiger partial charge >= 0.3 is 0 Å². The summed E-state index contributed by atoms with van der Waals surface area (Å²) in [7, 11) is -3.46. The van der Waals surface area contributed by atoms with E-state index in [1.807, 2.05) is 6.92 Å². The van der Waals surface area contributed by atoms with Crippen LogP contribution in [0.3, 0.4) is 0 Å². The predicted octanol–water partition coefficient (Wildman–Crippen LogP) is 1.16. The molecule has 0 atom stereocenters. The van der Waals surface area contributed by atoms with Crippen molar-refractivity contribution in [2.45, 2.75) is 19.8 Å². The van der Waals surface area contributed by atoms with Crippen LogP contribution in [0.4, 0.5) is 4.39 Å². The molecule has 1 rings (SSSR count). The van der Waals surface area contributed by atoms with Crippen molar-refractivity contribution in [2.75, 3.05) is 25.9 Å². The SMILES string of the molecule is CCCNC(=O)CN(CCc1ccc(F)cc1)S(C)(=O)=O. The topological polar surface area (TPSA) is 66.5 Å². The number of rotatable bonds is 8. The summed E-state index contributed by atoms with van der Waals surface area (Å²) in [4.78, 5) is 11.6. The molecule has 0 spiro atoms. The van der Waals surface area contributed by atoms with Crippen molar-refractivity contribution in [1.82, 2.24) is 9.62 Å². The van der Waals surface area contributed by atoms with E-state index in [-0.39, 0.29) is 24.8 Å². The van der Waals surface area contributed by atoms with Gasteiger partial charge in [0, 0.05) is 13.1 Å². The van der Waals surface area contributed by atoms with Gasteiger partial charge in [0.2, 0.25) is 15.9 Å². The van der Waals surface area contributed by atoms with Crippen molar-refractivity contribution >= 4 is 15.9 Å². The first kappa shape index (κ1) is 17.6. The van der Waals surface area contributed by atoms with Crippen molar-refractivity contribution in [1.29, 1.82) is 0 Å². The second-order valence-electron chi connectivity index (χ2n) is 4.82. The predicted molar refractivity (Wildman–Crippen MR) is 79.8 cm³/mol. The van der Waals surface area contributed by atoms with Gasteiger partial charge in [0.05, 0.1) is 12.8 Å². The lowest BCUT2D eigenvalue weighted by atomic mass is 10.1. The lowest BCUT2D eigenvalue weighted by molar-refractivity contribution is -0.121. The minimum Gasteiger partial charge on any atom is -0.355 e. The fraction of sp³-hybridized carbons (Fsp3) is 0.500. The molecule has 118 valence electrons. The maximum absolute atomic E-state index is 12.8. The molecule has 0 saturated heterocycles. The van der Waals surface area contributed by atoms with Crippen molar-refractivity contribution < 1.29 is 17.6 Å². The fourth-order valence-corrected chi connectivity index (χ4v) is 2.52. The number of amides is 1. The van der Waals surface area contributed by atoms with E-state index in [2.05, 4.69) is 5.32 Å². The van der Waals surface area contributed by atoms with Crippen LogP contribution in [-0.2, 0) is 21.2 Å². The van der Waals surface area contributed by atoms with Crippen LogP contribution in [0.25, 0.3) is 0 Å². The summed E-state index contributed by atoms with van der Waals surface area (Å²) in [6.45, 7) is 2.43. The number of carbonyl (C=O) groups is 1. The molecule has 0 fully saturated rings. The van der Waals surface area contributed by atoms with Crippen LogP contribution < -0.4 is 5.32 Å². The van der Waals surface area contributed by atoms with Gasteiger partial charge in [0.15, 0.2) is 0 Å². The molecule has 0 heterocycles. The number of halogens is 1. The molecule has 21 heavy (non-hydrogen) atoms. The van der Waals surface area contributed by atoms with Gasteiger partial charge in [-0.2, -0.15) is 4.31 Å². The van der Waals surface area contributed by atoms with Gasteiger partial charge in [0.25, 0.3) is 0 Å². The second kappa shape index (κ2) is 8.09. The van der Waals surface area contributed by atoms with E-state index in [9.17, 15) is 17.6 Å². The van der Waals surface area contributed by atoms with Gasteiger partial charge in [-0.25, -0.2) is 12.8 Å². The van der Waals surface area contributed by atoms with Crippen LogP contribution in [0.5, 0.6) is 0 Å². The number of hydrogen-bond acceptors (Lipinski definition) is 3. The highest BCUT2D eigenvalue weighted by atomic mass is 32.2. The standard InChI is InChI=1S/C14H21FN2O3S/c1-3-9-16-14(18)11-17(21(2,19)20)10-8-12-4-6-13(15)7-5-12/h4-7H,3,8-11H2,1-2H3,(H,16,18). The third-order valence-electron chi connectivity index (χ3n) is 2.92. The van der Waals surface area contributed by atoms with Gasteiger partial charge in [-0.15, -0.1) is 0 Å². The van der Waals surface area contributed by atoms with E-state index in [0.29, 0.717) is 13.0 Å². The summed E-state index contributed by atoms with van der Waals surface area (Å²) in [6.07, 6.45) is 2.29. The van der Waals surface area contributed by atoms with E-state index >= 15 is 0 Å². The molecule has 0 aliphatic heterocycles. The number of carbonyl (C=O) groups excluding carboxylic acids is 1. The van der Waals surface area contributed by atoms with Crippen molar-refractivity contribution in [3.8, 4) is 0 Å². The van der Waals surface area contributed by atoms with Crippen LogP contribution in [0.1, 0.15) is 18.9 Å². The molecule has 0 aliphatic rings. The van der Waals surface area contributed by atoms with Crippen LogP contribution in [0.2, 0.25) is 0 Å². The van der Waals surface area contributed by atoms with Gasteiger partial charge in [-0.05, 0) is 30.5 Å². The molecule has 1 aromatic carbocycles. The van der Waals surface area contributed by atoms with E-state index < -0.39 is 10.0 Å². The molecule has 1 N–H and O–H groups in total. The number of nitrogens with one attached hydrogen (secondary N) is 1. The summed E-state index contributed by atoms with van der Waals surface area (Å²) in [5, 5.41) is 2.65. The molecular formula is C14H21FN2O3S. The minimum atomic E-state index is -3.46. The molecule has 1 aromatic rings. The molecule has 0 radical (unpaired) electrons. The monoisotopic (exact) mass is 316 g/mol. The Kier molecular flexibility index (Phi) is 6.77. The zero-order chi connectivity index (χ0) is 15.9. The number of hydrogen-bond donors (Lipinski definition) is 1. The van der Waals surface area contributed by atoms with Gasteiger partial charge < -0.3 is 5.32 Å². The smallest absolute Gasteiger partial charge is 0.235 e.